The normalized spacial score (nSPS) is 11.4. The summed E-state index contributed by atoms with van der Waals surface area (Å²) in [5, 5.41) is 5.94. The molecular formula is C9H15N3O5S. The molecule has 0 fully saturated rings. The number of aryl methyl sites for hydroxylation is 1. The lowest BCUT2D eigenvalue weighted by Crippen LogP contribution is -2.35. The fourth-order valence-electron chi connectivity index (χ4n) is 1.05. The molecule has 0 aliphatic heterocycles. The minimum atomic E-state index is -3.51. The third-order valence-corrected chi connectivity index (χ3v) is 3.19. The van der Waals surface area contributed by atoms with Crippen LogP contribution in [0.3, 0.4) is 0 Å². The summed E-state index contributed by atoms with van der Waals surface area (Å²) in [6.45, 7) is 1.38. The Morgan fingerprint density at radius 1 is 1.56 bits per heavy atom. The van der Waals surface area contributed by atoms with E-state index in [4.69, 9.17) is 4.52 Å². The lowest BCUT2D eigenvalue weighted by atomic mass is 10.5. The summed E-state index contributed by atoms with van der Waals surface area (Å²) >= 11 is 0. The predicted octanol–water partition coefficient (Wildman–Crippen LogP) is -0.513. The van der Waals surface area contributed by atoms with E-state index < -0.39 is 15.9 Å². The Morgan fingerprint density at radius 3 is 2.83 bits per heavy atom. The molecule has 18 heavy (non-hydrogen) atoms. The number of rotatable bonds is 7. The molecule has 0 aromatic carbocycles. The van der Waals surface area contributed by atoms with Crippen LogP contribution >= 0.6 is 0 Å². The first kappa shape index (κ1) is 14.6. The molecule has 2 N–H and O–H groups in total. The van der Waals surface area contributed by atoms with Crippen LogP contribution in [0.15, 0.2) is 10.6 Å². The van der Waals surface area contributed by atoms with E-state index in [0.29, 0.717) is 5.76 Å². The maximum atomic E-state index is 11.4. The van der Waals surface area contributed by atoms with Gasteiger partial charge in [0.1, 0.15) is 5.76 Å². The number of hydrogen-bond donors (Lipinski definition) is 2. The molecule has 0 radical (unpaired) electrons. The number of methoxy groups -OCH3 is 1. The van der Waals surface area contributed by atoms with Crippen LogP contribution in [0.4, 0.5) is 5.82 Å². The smallest absolute Gasteiger partial charge is 0.240 e. The van der Waals surface area contributed by atoms with E-state index in [2.05, 4.69) is 19.9 Å². The number of amides is 1. The van der Waals surface area contributed by atoms with E-state index in [0.717, 1.165) is 0 Å². The molecular weight excluding hydrogens is 262 g/mol. The number of hydrogen-bond acceptors (Lipinski definition) is 6. The first-order chi connectivity index (χ1) is 8.43. The first-order valence-corrected chi connectivity index (χ1v) is 6.77. The van der Waals surface area contributed by atoms with Crippen molar-refractivity contribution in [3.8, 4) is 0 Å². The Labute approximate surface area is 105 Å². The van der Waals surface area contributed by atoms with Crippen molar-refractivity contribution < 1.29 is 22.5 Å². The molecule has 1 amide bonds. The zero-order chi connectivity index (χ0) is 13.6. The second-order valence-corrected chi connectivity index (χ2v) is 5.43. The summed E-state index contributed by atoms with van der Waals surface area (Å²) in [4.78, 5) is 11.4. The number of carbonyl (C=O) groups is 1. The Hall–Kier alpha value is -1.45. The van der Waals surface area contributed by atoms with Crippen LogP contribution in [0.1, 0.15) is 5.76 Å². The highest BCUT2D eigenvalue weighted by atomic mass is 32.2. The summed E-state index contributed by atoms with van der Waals surface area (Å²) in [6, 6.07) is 1.53. The van der Waals surface area contributed by atoms with Crippen LogP contribution in [0, 0.1) is 6.92 Å². The van der Waals surface area contributed by atoms with Crippen molar-refractivity contribution >= 4 is 21.7 Å². The van der Waals surface area contributed by atoms with Gasteiger partial charge in [-0.3, -0.25) is 4.79 Å². The van der Waals surface area contributed by atoms with Crippen molar-refractivity contribution in [2.45, 2.75) is 6.92 Å². The van der Waals surface area contributed by atoms with Gasteiger partial charge in [-0.2, -0.15) is 0 Å². The van der Waals surface area contributed by atoms with Gasteiger partial charge in [-0.1, -0.05) is 5.16 Å². The summed E-state index contributed by atoms with van der Waals surface area (Å²) in [6.07, 6.45) is 0. The second-order valence-electron chi connectivity index (χ2n) is 3.50. The molecule has 1 heterocycles. The van der Waals surface area contributed by atoms with Crippen molar-refractivity contribution in [2.75, 3.05) is 31.3 Å². The SMILES string of the molecule is COCCS(=O)(=O)NCC(=O)Nc1cc(C)on1. The number of carbonyl (C=O) groups excluding carboxylic acids is 1. The Bertz CT molecular complexity index is 496. The molecule has 0 aliphatic carbocycles. The molecule has 0 unspecified atom stereocenters. The van der Waals surface area contributed by atoms with Crippen LogP contribution in [0.25, 0.3) is 0 Å². The molecule has 1 aromatic rings. The number of sulfonamides is 1. The summed E-state index contributed by atoms with van der Waals surface area (Å²) in [5.74, 6) is 0.0729. The van der Waals surface area contributed by atoms with Crippen LogP contribution in [0.2, 0.25) is 0 Å². The molecule has 0 spiro atoms. The lowest BCUT2D eigenvalue weighted by Gasteiger charge is -2.05. The molecule has 0 saturated carbocycles. The molecule has 0 aliphatic rings. The maximum absolute atomic E-state index is 11.4. The second kappa shape index (κ2) is 6.47. The summed E-state index contributed by atoms with van der Waals surface area (Å²) in [5.41, 5.74) is 0. The quantitative estimate of drug-likeness (QED) is 0.694. The molecule has 0 saturated heterocycles. The van der Waals surface area contributed by atoms with Crippen LogP contribution in [-0.4, -0.2) is 45.5 Å². The van der Waals surface area contributed by atoms with Crippen molar-refractivity contribution in [1.82, 2.24) is 9.88 Å². The number of aromatic nitrogens is 1. The number of anilines is 1. The van der Waals surface area contributed by atoms with E-state index in [1.807, 2.05) is 0 Å². The van der Waals surface area contributed by atoms with E-state index in [1.54, 1.807) is 6.92 Å². The highest BCUT2D eigenvalue weighted by Gasteiger charge is 2.13. The van der Waals surface area contributed by atoms with E-state index in [9.17, 15) is 13.2 Å². The Morgan fingerprint density at radius 2 is 2.28 bits per heavy atom. The third-order valence-electron chi connectivity index (χ3n) is 1.90. The van der Waals surface area contributed by atoms with Gasteiger partial charge in [0.05, 0.1) is 18.9 Å². The average Bonchev–Trinajstić information content (AvgIpc) is 2.70. The summed E-state index contributed by atoms with van der Waals surface area (Å²) < 4.78 is 34.2. The highest BCUT2D eigenvalue weighted by molar-refractivity contribution is 7.89. The van der Waals surface area contributed by atoms with Gasteiger partial charge in [-0.25, -0.2) is 13.1 Å². The first-order valence-electron chi connectivity index (χ1n) is 5.12. The molecule has 102 valence electrons. The van der Waals surface area contributed by atoms with E-state index in [-0.39, 0.29) is 24.7 Å². The minimum Gasteiger partial charge on any atom is -0.384 e. The van der Waals surface area contributed by atoms with Crippen molar-refractivity contribution in [3.63, 3.8) is 0 Å². The number of nitrogens with one attached hydrogen (secondary N) is 2. The van der Waals surface area contributed by atoms with E-state index >= 15 is 0 Å². The maximum Gasteiger partial charge on any atom is 0.240 e. The fraction of sp³-hybridized carbons (Fsp3) is 0.556. The van der Waals surface area contributed by atoms with Gasteiger partial charge in [-0.05, 0) is 6.92 Å². The van der Waals surface area contributed by atoms with Crippen molar-refractivity contribution in [2.24, 2.45) is 0 Å². The zero-order valence-corrected chi connectivity index (χ0v) is 10.9. The largest absolute Gasteiger partial charge is 0.384 e. The third kappa shape index (κ3) is 5.25. The monoisotopic (exact) mass is 277 g/mol. The van der Waals surface area contributed by atoms with Gasteiger partial charge in [0.25, 0.3) is 0 Å². The van der Waals surface area contributed by atoms with Crippen LogP contribution in [-0.2, 0) is 19.6 Å². The van der Waals surface area contributed by atoms with Gasteiger partial charge in [0.15, 0.2) is 5.82 Å². The topological polar surface area (TPSA) is 111 Å². The van der Waals surface area contributed by atoms with Crippen LogP contribution < -0.4 is 10.0 Å². The fourth-order valence-corrected chi connectivity index (χ4v) is 1.93. The average molecular weight is 277 g/mol. The number of ether oxygens (including phenoxy) is 1. The van der Waals surface area contributed by atoms with Gasteiger partial charge in [-0.15, -0.1) is 0 Å². The van der Waals surface area contributed by atoms with Gasteiger partial charge in [0.2, 0.25) is 15.9 Å². The van der Waals surface area contributed by atoms with E-state index in [1.165, 1.54) is 13.2 Å². The molecule has 1 rings (SSSR count). The van der Waals surface area contributed by atoms with Gasteiger partial charge < -0.3 is 14.6 Å². The zero-order valence-electron chi connectivity index (χ0n) is 10.1. The molecule has 0 atom stereocenters. The predicted molar refractivity (Wildman–Crippen MR) is 63.5 cm³/mol. The van der Waals surface area contributed by atoms with Gasteiger partial charge in [0, 0.05) is 13.2 Å². The standard InChI is InChI=1S/C9H15N3O5S/c1-7-5-8(12-17-7)11-9(13)6-10-18(14,15)4-3-16-2/h5,10H,3-4,6H2,1-2H3,(H,11,12,13). The Balaban J connectivity index is 2.37. The Kier molecular flexibility index (Phi) is 5.25. The van der Waals surface area contributed by atoms with Gasteiger partial charge >= 0.3 is 0 Å². The van der Waals surface area contributed by atoms with Crippen LogP contribution in [0.5, 0.6) is 0 Å². The molecule has 1 aromatic heterocycles. The minimum absolute atomic E-state index is 0.0689. The summed E-state index contributed by atoms with van der Waals surface area (Å²) in [7, 11) is -2.11. The lowest BCUT2D eigenvalue weighted by molar-refractivity contribution is -0.115. The molecule has 8 nitrogen and oxygen atoms in total. The molecule has 9 heteroatoms. The molecule has 0 bridgehead atoms. The number of nitrogens with zero attached hydrogens (tertiary/aromatic N) is 1. The highest BCUT2D eigenvalue weighted by Crippen LogP contribution is 2.06. The van der Waals surface area contributed by atoms with Crippen molar-refractivity contribution in [3.05, 3.63) is 11.8 Å². The van der Waals surface area contributed by atoms with Crippen molar-refractivity contribution in [1.29, 1.82) is 0 Å².